The van der Waals surface area contributed by atoms with Crippen molar-refractivity contribution in [3.63, 3.8) is 0 Å². The second-order valence-electron chi connectivity index (χ2n) is 9.90. The molecule has 9 heteroatoms. The van der Waals surface area contributed by atoms with Crippen molar-refractivity contribution in [2.24, 2.45) is 11.8 Å². The molecular formula is C28H32N4O4S. The molecule has 3 fully saturated rings. The average molecular weight is 521 g/mol. The van der Waals surface area contributed by atoms with Crippen molar-refractivity contribution in [1.29, 1.82) is 0 Å². The maximum absolute atomic E-state index is 13.2. The Labute approximate surface area is 217 Å². The number of pyridine rings is 1. The smallest absolute Gasteiger partial charge is 0.329 e. The standard InChI is InChI=1S/C28H32N4O4S/c1-4-19-17-32-14-12-20(19)15-26(32)27(23-11-13-29-25-10-7-21(36-3)16-24(23)25)30-28(33)31-37(34,35)22-8-5-18(2)6-9-22/h4-11,13,16,19-20,26-27H,1,12,14-15,17H2,2-3H3,(H2,30,31,33)/t19?,20?,26?,27-/m1/s1. The van der Waals surface area contributed by atoms with Gasteiger partial charge in [0, 0.05) is 24.2 Å². The molecule has 2 amide bonds. The summed E-state index contributed by atoms with van der Waals surface area (Å²) >= 11 is 0. The van der Waals surface area contributed by atoms with Crippen LogP contribution in [0.15, 0.2) is 72.3 Å². The molecule has 4 unspecified atom stereocenters. The molecule has 3 aromatic rings. The van der Waals surface area contributed by atoms with Gasteiger partial charge in [0.2, 0.25) is 0 Å². The molecule has 0 aliphatic carbocycles. The quantitative estimate of drug-likeness (QED) is 0.454. The van der Waals surface area contributed by atoms with Crippen LogP contribution in [-0.2, 0) is 10.0 Å². The largest absolute Gasteiger partial charge is 0.497 e. The Hall–Kier alpha value is -3.43. The number of hydrogen-bond acceptors (Lipinski definition) is 6. The Bertz CT molecular complexity index is 1420. The highest BCUT2D eigenvalue weighted by atomic mass is 32.2. The topological polar surface area (TPSA) is 101 Å². The van der Waals surface area contributed by atoms with E-state index in [0.717, 1.165) is 48.0 Å². The first kappa shape index (κ1) is 25.2. The lowest BCUT2D eigenvalue weighted by Gasteiger charge is -2.51. The summed E-state index contributed by atoms with van der Waals surface area (Å²) < 4.78 is 33.5. The third kappa shape index (κ3) is 5.06. The molecule has 3 aliphatic heterocycles. The van der Waals surface area contributed by atoms with Crippen molar-refractivity contribution in [2.75, 3.05) is 20.2 Å². The highest BCUT2D eigenvalue weighted by molar-refractivity contribution is 7.90. The van der Waals surface area contributed by atoms with Gasteiger partial charge in [-0.15, -0.1) is 6.58 Å². The molecule has 2 bridgehead atoms. The van der Waals surface area contributed by atoms with Crippen molar-refractivity contribution in [1.82, 2.24) is 19.9 Å². The summed E-state index contributed by atoms with van der Waals surface area (Å²) in [6.45, 7) is 7.68. The minimum Gasteiger partial charge on any atom is -0.497 e. The number of aryl methyl sites for hydroxylation is 1. The summed E-state index contributed by atoms with van der Waals surface area (Å²) in [5.41, 5.74) is 2.58. The number of nitrogens with zero attached hydrogens (tertiary/aromatic N) is 2. The van der Waals surface area contributed by atoms with E-state index in [0.29, 0.717) is 17.6 Å². The molecule has 194 valence electrons. The highest BCUT2D eigenvalue weighted by Gasteiger charge is 2.43. The van der Waals surface area contributed by atoms with E-state index in [2.05, 4.69) is 26.5 Å². The predicted molar refractivity (Wildman–Crippen MR) is 143 cm³/mol. The normalized spacial score (nSPS) is 23.8. The summed E-state index contributed by atoms with van der Waals surface area (Å²) in [5, 5.41) is 3.88. The van der Waals surface area contributed by atoms with Crippen LogP contribution in [0.1, 0.15) is 30.0 Å². The van der Waals surface area contributed by atoms with Gasteiger partial charge in [-0.25, -0.2) is 17.9 Å². The number of piperidine rings is 3. The van der Waals surface area contributed by atoms with E-state index in [4.69, 9.17) is 4.74 Å². The van der Waals surface area contributed by atoms with E-state index in [1.165, 1.54) is 12.1 Å². The summed E-state index contributed by atoms with van der Waals surface area (Å²) in [6.07, 6.45) is 5.71. The zero-order valence-electron chi connectivity index (χ0n) is 21.1. The van der Waals surface area contributed by atoms with Gasteiger partial charge >= 0.3 is 6.03 Å². The van der Waals surface area contributed by atoms with Crippen molar-refractivity contribution < 1.29 is 17.9 Å². The fraction of sp³-hybridized carbons (Fsp3) is 0.357. The van der Waals surface area contributed by atoms with Crippen molar-refractivity contribution >= 4 is 27.0 Å². The molecule has 4 heterocycles. The van der Waals surface area contributed by atoms with Crippen LogP contribution < -0.4 is 14.8 Å². The maximum atomic E-state index is 13.2. The molecule has 0 spiro atoms. The molecule has 0 saturated carbocycles. The van der Waals surface area contributed by atoms with E-state index in [1.807, 2.05) is 37.3 Å². The lowest BCUT2D eigenvalue weighted by molar-refractivity contribution is 0.00323. The predicted octanol–water partition coefficient (Wildman–Crippen LogP) is 4.18. The molecule has 5 atom stereocenters. The Morgan fingerprint density at radius 1 is 1.22 bits per heavy atom. The van der Waals surface area contributed by atoms with Gasteiger partial charge in [-0.3, -0.25) is 9.88 Å². The van der Waals surface area contributed by atoms with E-state index in [1.54, 1.807) is 25.4 Å². The number of sulfonamides is 1. The van der Waals surface area contributed by atoms with E-state index >= 15 is 0 Å². The molecule has 6 rings (SSSR count). The lowest BCUT2D eigenvalue weighted by Crippen LogP contribution is -2.58. The molecular weight excluding hydrogens is 488 g/mol. The van der Waals surface area contributed by atoms with E-state index in [9.17, 15) is 13.2 Å². The summed E-state index contributed by atoms with van der Waals surface area (Å²) in [5.74, 6) is 1.57. The maximum Gasteiger partial charge on any atom is 0.329 e. The molecule has 37 heavy (non-hydrogen) atoms. The molecule has 2 aromatic carbocycles. The van der Waals surface area contributed by atoms with E-state index in [-0.39, 0.29) is 10.9 Å². The van der Waals surface area contributed by atoms with Crippen LogP contribution in [0.25, 0.3) is 10.9 Å². The molecule has 1 aromatic heterocycles. The first-order valence-corrected chi connectivity index (χ1v) is 14.0. The number of ether oxygens (including phenoxy) is 1. The van der Waals surface area contributed by atoms with Gasteiger partial charge in [0.1, 0.15) is 5.75 Å². The number of methoxy groups -OCH3 is 1. The fourth-order valence-electron chi connectivity index (χ4n) is 5.72. The molecule has 8 nitrogen and oxygen atoms in total. The Kier molecular flexibility index (Phi) is 6.92. The van der Waals surface area contributed by atoms with Gasteiger partial charge < -0.3 is 10.1 Å². The van der Waals surface area contributed by atoms with Crippen LogP contribution in [-0.4, -0.2) is 50.6 Å². The van der Waals surface area contributed by atoms with Crippen LogP contribution in [0.3, 0.4) is 0 Å². The number of carbonyl (C=O) groups excluding carboxylic acids is 1. The zero-order chi connectivity index (χ0) is 26.2. The van der Waals surface area contributed by atoms with Gasteiger partial charge in [-0.1, -0.05) is 23.8 Å². The van der Waals surface area contributed by atoms with Gasteiger partial charge in [-0.2, -0.15) is 0 Å². The minimum absolute atomic E-state index is 0.000389. The van der Waals surface area contributed by atoms with Crippen LogP contribution in [0.5, 0.6) is 5.75 Å². The monoisotopic (exact) mass is 520 g/mol. The molecule has 0 radical (unpaired) electrons. The molecule has 3 saturated heterocycles. The Balaban J connectivity index is 1.50. The second kappa shape index (κ2) is 10.1. The Morgan fingerprint density at radius 2 is 2.00 bits per heavy atom. The number of benzene rings is 2. The van der Waals surface area contributed by atoms with Gasteiger partial charge in [0.25, 0.3) is 10.0 Å². The van der Waals surface area contributed by atoms with Crippen molar-refractivity contribution in [3.05, 3.63) is 78.5 Å². The van der Waals surface area contributed by atoms with Gasteiger partial charge in [0.15, 0.2) is 0 Å². The number of rotatable bonds is 7. The SMILES string of the molecule is C=CC1CN2CCC1CC2[C@H](NC(=O)NS(=O)(=O)c1ccc(C)cc1)c1ccnc2ccc(OC)cc12. The number of fused-ring (bicyclic) bond motifs is 4. The first-order valence-electron chi connectivity index (χ1n) is 12.5. The van der Waals surface area contributed by atoms with Crippen molar-refractivity contribution in [3.8, 4) is 5.75 Å². The van der Waals surface area contributed by atoms with Crippen LogP contribution in [0.4, 0.5) is 4.79 Å². The number of carbonyl (C=O) groups is 1. The number of aromatic nitrogens is 1. The minimum atomic E-state index is -4.03. The van der Waals surface area contributed by atoms with Crippen LogP contribution in [0.2, 0.25) is 0 Å². The summed E-state index contributed by atoms with van der Waals surface area (Å²) in [7, 11) is -2.42. The van der Waals surface area contributed by atoms with Crippen molar-refractivity contribution in [2.45, 2.75) is 36.7 Å². The number of hydrogen-bond donors (Lipinski definition) is 2. The number of urea groups is 1. The molecule has 3 aliphatic rings. The lowest BCUT2D eigenvalue weighted by atomic mass is 9.73. The van der Waals surface area contributed by atoms with Gasteiger partial charge in [0.05, 0.1) is 23.6 Å². The van der Waals surface area contributed by atoms with Crippen LogP contribution in [0, 0.1) is 18.8 Å². The molecule has 2 N–H and O–H groups in total. The third-order valence-corrected chi connectivity index (χ3v) is 9.05. The number of amides is 2. The Morgan fingerprint density at radius 3 is 2.68 bits per heavy atom. The second-order valence-corrected chi connectivity index (χ2v) is 11.6. The summed E-state index contributed by atoms with van der Waals surface area (Å²) in [4.78, 5) is 20.2. The third-order valence-electron chi connectivity index (χ3n) is 7.70. The number of nitrogens with one attached hydrogen (secondary N) is 2. The highest BCUT2D eigenvalue weighted by Crippen LogP contribution is 2.42. The van der Waals surface area contributed by atoms with E-state index < -0.39 is 22.1 Å². The zero-order valence-corrected chi connectivity index (χ0v) is 21.9. The van der Waals surface area contributed by atoms with Crippen LogP contribution >= 0.6 is 0 Å². The average Bonchev–Trinajstić information content (AvgIpc) is 2.91. The summed E-state index contributed by atoms with van der Waals surface area (Å²) in [6, 6.07) is 12.7. The van der Waals surface area contributed by atoms with Gasteiger partial charge in [-0.05, 0) is 80.1 Å². The fourth-order valence-corrected chi connectivity index (χ4v) is 6.63. The first-order chi connectivity index (χ1) is 17.8.